The molecule has 0 aliphatic carbocycles. The topological polar surface area (TPSA) is 66.2 Å². The zero-order valence-corrected chi connectivity index (χ0v) is 14.8. The van der Waals surface area contributed by atoms with Gasteiger partial charge in [0.05, 0.1) is 18.7 Å². The molecule has 5 nitrogen and oxygen atoms in total. The second-order valence-corrected chi connectivity index (χ2v) is 7.00. The molecule has 0 bridgehead atoms. The number of rotatable bonds is 2. The smallest absolute Gasteiger partial charge is 0.254 e. The van der Waals surface area contributed by atoms with Gasteiger partial charge in [0.25, 0.3) is 5.91 Å². The Morgan fingerprint density at radius 2 is 2.16 bits per heavy atom. The maximum absolute atomic E-state index is 13.0. The highest BCUT2D eigenvalue weighted by Gasteiger charge is 2.39. The fourth-order valence-electron chi connectivity index (χ4n) is 2.91. The Kier molecular flexibility index (Phi) is 4.76. The van der Waals surface area contributed by atoms with Gasteiger partial charge in [0.2, 0.25) is 0 Å². The number of nitriles is 1. The second kappa shape index (κ2) is 6.83. The third kappa shape index (κ3) is 3.51. The summed E-state index contributed by atoms with van der Waals surface area (Å²) in [6.45, 7) is 4.70. The van der Waals surface area contributed by atoms with Gasteiger partial charge in [-0.2, -0.15) is 5.26 Å². The molecule has 2 aromatic rings. The van der Waals surface area contributed by atoms with Crippen LogP contribution in [-0.2, 0) is 4.74 Å². The van der Waals surface area contributed by atoms with Crippen LogP contribution in [-0.4, -0.2) is 34.5 Å². The monoisotopic (exact) mass is 355 g/mol. The lowest BCUT2D eigenvalue weighted by molar-refractivity contribution is -0.0846. The van der Waals surface area contributed by atoms with Crippen LogP contribution in [0.4, 0.5) is 0 Å². The van der Waals surface area contributed by atoms with Crippen LogP contribution >= 0.6 is 11.6 Å². The second-order valence-electron chi connectivity index (χ2n) is 6.59. The summed E-state index contributed by atoms with van der Waals surface area (Å²) in [4.78, 5) is 18.7. The fraction of sp³-hybridized carbons (Fsp3) is 0.316. The first-order chi connectivity index (χ1) is 11.9. The fourth-order valence-corrected chi connectivity index (χ4v) is 3.17. The first-order valence-corrected chi connectivity index (χ1v) is 8.34. The van der Waals surface area contributed by atoms with E-state index in [4.69, 9.17) is 21.6 Å². The van der Waals surface area contributed by atoms with E-state index in [2.05, 4.69) is 4.98 Å². The quantitative estimate of drug-likeness (QED) is 0.825. The van der Waals surface area contributed by atoms with E-state index in [1.54, 1.807) is 11.0 Å². The number of pyridine rings is 1. The summed E-state index contributed by atoms with van der Waals surface area (Å²) < 4.78 is 5.98. The van der Waals surface area contributed by atoms with Gasteiger partial charge in [-0.05, 0) is 32.0 Å². The largest absolute Gasteiger partial charge is 0.369 e. The van der Waals surface area contributed by atoms with E-state index in [0.29, 0.717) is 23.7 Å². The highest BCUT2D eigenvalue weighted by Crippen LogP contribution is 2.34. The third-order valence-electron chi connectivity index (χ3n) is 4.34. The van der Waals surface area contributed by atoms with Crippen LogP contribution in [0.3, 0.4) is 0 Å². The van der Waals surface area contributed by atoms with Gasteiger partial charge >= 0.3 is 0 Å². The summed E-state index contributed by atoms with van der Waals surface area (Å²) in [5.74, 6) is -0.149. The molecular formula is C19H18ClN3O2. The Labute approximate surface area is 151 Å². The number of nitrogens with zero attached hydrogens (tertiary/aromatic N) is 3. The molecule has 1 aliphatic heterocycles. The lowest BCUT2D eigenvalue weighted by Crippen LogP contribution is -2.56. The highest BCUT2D eigenvalue weighted by molar-refractivity contribution is 6.31. The highest BCUT2D eigenvalue weighted by atomic mass is 35.5. The molecule has 1 aromatic carbocycles. The normalized spacial score (nSPS) is 19.3. The number of amides is 1. The number of benzene rings is 1. The van der Waals surface area contributed by atoms with E-state index in [-0.39, 0.29) is 17.7 Å². The molecule has 0 N–H and O–H groups in total. The molecule has 25 heavy (non-hydrogen) atoms. The van der Waals surface area contributed by atoms with Gasteiger partial charge in [-0.25, -0.2) is 4.98 Å². The summed E-state index contributed by atoms with van der Waals surface area (Å²) in [6.07, 6.45) is 1.19. The molecule has 0 radical (unpaired) electrons. The van der Waals surface area contributed by atoms with Crippen molar-refractivity contribution in [2.24, 2.45) is 0 Å². The summed E-state index contributed by atoms with van der Waals surface area (Å²) in [5.41, 5.74) is 1.06. The van der Waals surface area contributed by atoms with Crippen LogP contribution < -0.4 is 0 Å². The minimum absolute atomic E-state index is 0.149. The first kappa shape index (κ1) is 17.4. The van der Waals surface area contributed by atoms with Gasteiger partial charge in [0, 0.05) is 22.3 Å². The molecule has 6 heteroatoms. The van der Waals surface area contributed by atoms with Crippen LogP contribution in [0.15, 0.2) is 42.6 Å². The van der Waals surface area contributed by atoms with E-state index in [1.165, 1.54) is 12.3 Å². The number of ether oxygens (including phenoxy) is 1. The zero-order valence-electron chi connectivity index (χ0n) is 14.1. The minimum atomic E-state index is -0.467. The molecule has 3 rings (SSSR count). The SMILES string of the molecule is CC1(C)COC(c2ccccc2Cl)CN1C(=O)c1ccnc(C#N)c1. The lowest BCUT2D eigenvalue weighted by Gasteiger charge is -2.45. The summed E-state index contributed by atoms with van der Waals surface area (Å²) in [6, 6.07) is 12.6. The molecule has 2 heterocycles. The van der Waals surface area contributed by atoms with Crippen molar-refractivity contribution in [1.82, 2.24) is 9.88 Å². The van der Waals surface area contributed by atoms with Gasteiger partial charge < -0.3 is 9.64 Å². The molecule has 0 spiro atoms. The average molecular weight is 356 g/mol. The molecule has 1 unspecified atom stereocenters. The van der Waals surface area contributed by atoms with E-state index < -0.39 is 5.54 Å². The van der Waals surface area contributed by atoms with Crippen molar-refractivity contribution < 1.29 is 9.53 Å². The number of hydrogen-bond acceptors (Lipinski definition) is 4. The van der Waals surface area contributed by atoms with E-state index >= 15 is 0 Å². The predicted molar refractivity (Wildman–Crippen MR) is 94.2 cm³/mol. The molecule has 1 aromatic heterocycles. The lowest BCUT2D eigenvalue weighted by atomic mass is 9.97. The van der Waals surface area contributed by atoms with E-state index in [0.717, 1.165) is 5.56 Å². The van der Waals surface area contributed by atoms with Gasteiger partial charge in [-0.15, -0.1) is 0 Å². The van der Waals surface area contributed by atoms with Crippen molar-refractivity contribution in [2.45, 2.75) is 25.5 Å². The van der Waals surface area contributed by atoms with Gasteiger partial charge in [0.15, 0.2) is 0 Å². The van der Waals surface area contributed by atoms with Crippen LogP contribution in [0.25, 0.3) is 0 Å². The van der Waals surface area contributed by atoms with E-state index in [1.807, 2.05) is 44.2 Å². The van der Waals surface area contributed by atoms with Gasteiger partial charge in [-0.1, -0.05) is 29.8 Å². The van der Waals surface area contributed by atoms with Crippen molar-refractivity contribution in [3.8, 4) is 6.07 Å². The Morgan fingerprint density at radius 3 is 2.88 bits per heavy atom. The van der Waals surface area contributed by atoms with Crippen LogP contribution in [0.2, 0.25) is 5.02 Å². The number of carbonyl (C=O) groups excluding carboxylic acids is 1. The van der Waals surface area contributed by atoms with Crippen molar-refractivity contribution in [1.29, 1.82) is 5.26 Å². The molecule has 1 fully saturated rings. The Morgan fingerprint density at radius 1 is 1.40 bits per heavy atom. The molecule has 1 amide bonds. The molecule has 1 aliphatic rings. The number of morpholine rings is 1. The zero-order chi connectivity index (χ0) is 18.0. The van der Waals surface area contributed by atoms with Crippen molar-refractivity contribution in [3.63, 3.8) is 0 Å². The van der Waals surface area contributed by atoms with Crippen molar-refractivity contribution in [3.05, 3.63) is 64.4 Å². The van der Waals surface area contributed by atoms with Gasteiger partial charge in [0.1, 0.15) is 17.9 Å². The molecule has 0 saturated carbocycles. The standard InChI is InChI=1S/C19H18ClN3O2/c1-19(2)12-25-17(15-5-3-4-6-16(15)20)11-23(19)18(24)13-7-8-22-14(9-13)10-21/h3-9,17H,11-12H2,1-2H3. The van der Waals surface area contributed by atoms with Crippen molar-refractivity contribution >= 4 is 17.5 Å². The number of halogens is 1. The van der Waals surface area contributed by atoms with Crippen molar-refractivity contribution in [2.75, 3.05) is 13.2 Å². The predicted octanol–water partition coefficient (Wildman–Crippen LogP) is 3.60. The molecule has 1 atom stereocenters. The minimum Gasteiger partial charge on any atom is -0.369 e. The summed E-state index contributed by atoms with van der Waals surface area (Å²) >= 11 is 6.28. The third-order valence-corrected chi connectivity index (χ3v) is 4.68. The number of carbonyl (C=O) groups is 1. The first-order valence-electron chi connectivity index (χ1n) is 7.96. The maximum Gasteiger partial charge on any atom is 0.254 e. The summed E-state index contributed by atoms with van der Waals surface area (Å²) in [7, 11) is 0. The number of hydrogen-bond donors (Lipinski definition) is 0. The number of aromatic nitrogens is 1. The average Bonchev–Trinajstić information content (AvgIpc) is 2.62. The van der Waals surface area contributed by atoms with Gasteiger partial charge in [-0.3, -0.25) is 4.79 Å². The van der Waals surface area contributed by atoms with Crippen LogP contribution in [0, 0.1) is 11.3 Å². The Bertz CT molecular complexity index is 845. The Hall–Kier alpha value is -2.42. The molecular weight excluding hydrogens is 338 g/mol. The molecule has 128 valence electrons. The summed E-state index contributed by atoms with van der Waals surface area (Å²) in [5, 5.41) is 9.63. The molecule has 1 saturated heterocycles. The maximum atomic E-state index is 13.0. The van der Waals surface area contributed by atoms with Crippen LogP contribution in [0.5, 0.6) is 0 Å². The Balaban J connectivity index is 1.91. The van der Waals surface area contributed by atoms with E-state index in [9.17, 15) is 4.79 Å². The van der Waals surface area contributed by atoms with Crippen LogP contribution in [0.1, 0.15) is 41.6 Å².